The maximum atomic E-state index is 13.9. The molecule has 3 heterocycles. The molecule has 0 radical (unpaired) electrons. The number of aliphatic carboxylic acids is 1. The Morgan fingerprint density at radius 3 is 2.89 bits per heavy atom. The molecule has 0 saturated carbocycles. The summed E-state index contributed by atoms with van der Waals surface area (Å²) in [5, 5.41) is 25.6. The zero-order chi connectivity index (χ0) is 26.5. The maximum absolute atomic E-state index is 13.9. The van der Waals surface area contributed by atoms with Gasteiger partial charge in [-0.25, -0.2) is 19.2 Å². The second-order valence-corrected chi connectivity index (χ2v) is 8.54. The first-order chi connectivity index (χ1) is 17.8. The summed E-state index contributed by atoms with van der Waals surface area (Å²) in [5.41, 5.74) is 1.87. The van der Waals surface area contributed by atoms with E-state index in [1.165, 1.54) is 23.1 Å². The van der Waals surface area contributed by atoms with Gasteiger partial charge in [0.1, 0.15) is 24.3 Å². The monoisotopic (exact) mass is 511 g/mol. The van der Waals surface area contributed by atoms with E-state index in [0.29, 0.717) is 36.5 Å². The number of aliphatic imine (C=N–C) groups is 1. The van der Waals surface area contributed by atoms with Crippen LogP contribution in [0, 0.1) is 24.1 Å². The molecule has 13 heteroatoms. The van der Waals surface area contributed by atoms with Gasteiger partial charge in [0.2, 0.25) is 5.96 Å². The summed E-state index contributed by atoms with van der Waals surface area (Å²) in [6.07, 6.45) is 0.676. The molecule has 37 heavy (non-hydrogen) atoms. The van der Waals surface area contributed by atoms with Gasteiger partial charge in [-0.3, -0.25) is 9.69 Å². The molecular formula is C24H26FN7O5. The zero-order valence-electron chi connectivity index (χ0n) is 20.3. The van der Waals surface area contributed by atoms with Gasteiger partial charge in [0, 0.05) is 25.3 Å². The Hall–Kier alpha value is -4.15. The van der Waals surface area contributed by atoms with Crippen LogP contribution in [0.1, 0.15) is 36.3 Å². The van der Waals surface area contributed by atoms with E-state index < -0.39 is 29.9 Å². The third-order valence-corrected chi connectivity index (χ3v) is 5.95. The van der Waals surface area contributed by atoms with Crippen LogP contribution in [-0.4, -0.2) is 81.6 Å². The molecule has 12 nitrogen and oxygen atoms in total. The molecule has 1 fully saturated rings. The number of ether oxygens (including phenoxy) is 2. The standard InChI is InChI=1S/C24H26FN7O5/c1-3-36-23(35)21-18(12-31-6-7-37-16(11-31)9-20(33)34)28-24(32-13-27-19(10-26)30-32)29-22(21)17-5-4-15(25)8-14(17)2/h4-5,8,13,16,22H,3,6-7,9,11-12H2,1-2H3,(H,28,29)(H,33,34). The van der Waals surface area contributed by atoms with Crippen molar-refractivity contribution in [3.8, 4) is 6.07 Å². The first-order valence-corrected chi connectivity index (χ1v) is 11.7. The molecule has 2 N–H and O–H groups in total. The summed E-state index contributed by atoms with van der Waals surface area (Å²) in [7, 11) is 0. The molecule has 2 atom stereocenters. The number of benzene rings is 1. The summed E-state index contributed by atoms with van der Waals surface area (Å²) < 4.78 is 26.2. The van der Waals surface area contributed by atoms with E-state index in [2.05, 4.69) is 15.4 Å². The van der Waals surface area contributed by atoms with Crippen molar-refractivity contribution in [2.75, 3.05) is 32.8 Å². The highest BCUT2D eigenvalue weighted by molar-refractivity contribution is 5.96. The number of nitrogens with zero attached hydrogens (tertiary/aromatic N) is 6. The van der Waals surface area contributed by atoms with E-state index >= 15 is 0 Å². The first kappa shape index (κ1) is 25.9. The van der Waals surface area contributed by atoms with Crippen LogP contribution in [0.15, 0.2) is 40.8 Å². The molecule has 0 aliphatic carbocycles. The van der Waals surface area contributed by atoms with E-state index in [0.717, 1.165) is 0 Å². The number of carboxylic acids is 1. The van der Waals surface area contributed by atoms with Gasteiger partial charge in [0.15, 0.2) is 0 Å². The fourth-order valence-corrected chi connectivity index (χ4v) is 4.32. The molecule has 0 spiro atoms. The quantitative estimate of drug-likeness (QED) is 0.517. The van der Waals surface area contributed by atoms with Crippen LogP contribution >= 0.6 is 0 Å². The number of halogens is 1. The van der Waals surface area contributed by atoms with Crippen molar-refractivity contribution in [3.63, 3.8) is 0 Å². The van der Waals surface area contributed by atoms with Gasteiger partial charge in [-0.15, -0.1) is 5.10 Å². The number of carbonyl (C=O) groups is 2. The number of nitrogens with one attached hydrogen (secondary N) is 1. The van der Waals surface area contributed by atoms with Crippen LogP contribution in [0.2, 0.25) is 0 Å². The fourth-order valence-electron chi connectivity index (χ4n) is 4.32. The van der Waals surface area contributed by atoms with Gasteiger partial charge in [-0.1, -0.05) is 6.07 Å². The third-order valence-electron chi connectivity index (χ3n) is 5.95. The summed E-state index contributed by atoms with van der Waals surface area (Å²) in [6.45, 7) is 4.94. The number of aryl methyl sites for hydroxylation is 1. The number of carboxylic acid groups (broad SMARTS) is 1. The largest absolute Gasteiger partial charge is 0.481 e. The Labute approximate surface area is 212 Å². The molecule has 2 aliphatic rings. The number of aromatic nitrogens is 3. The van der Waals surface area contributed by atoms with Crippen molar-refractivity contribution in [3.05, 3.63) is 58.6 Å². The van der Waals surface area contributed by atoms with Crippen LogP contribution < -0.4 is 5.32 Å². The van der Waals surface area contributed by atoms with Gasteiger partial charge in [-0.05, 0) is 37.1 Å². The van der Waals surface area contributed by atoms with E-state index in [-0.39, 0.29) is 36.9 Å². The number of rotatable bonds is 7. The molecule has 2 aliphatic heterocycles. The number of carbonyl (C=O) groups excluding carboxylic acids is 1. The second kappa shape index (κ2) is 11.3. The highest BCUT2D eigenvalue weighted by atomic mass is 19.1. The van der Waals surface area contributed by atoms with Crippen LogP contribution in [0.4, 0.5) is 4.39 Å². The van der Waals surface area contributed by atoms with Crippen LogP contribution in [0.25, 0.3) is 0 Å². The average Bonchev–Trinajstić information content (AvgIpc) is 3.33. The molecule has 1 saturated heterocycles. The molecule has 1 aromatic heterocycles. The molecule has 0 amide bonds. The summed E-state index contributed by atoms with van der Waals surface area (Å²) in [5.74, 6) is -1.83. The lowest BCUT2D eigenvalue weighted by atomic mass is 9.92. The molecule has 2 aromatic rings. The second-order valence-electron chi connectivity index (χ2n) is 8.54. The fraction of sp³-hybridized carbons (Fsp3) is 0.417. The van der Waals surface area contributed by atoms with Gasteiger partial charge >= 0.3 is 11.9 Å². The van der Waals surface area contributed by atoms with Crippen molar-refractivity contribution < 1.29 is 28.6 Å². The lowest BCUT2D eigenvalue weighted by molar-refractivity contribution is -0.142. The smallest absolute Gasteiger partial charge is 0.338 e. The number of esters is 1. The van der Waals surface area contributed by atoms with E-state index in [9.17, 15) is 19.1 Å². The maximum Gasteiger partial charge on any atom is 0.338 e. The van der Waals surface area contributed by atoms with Crippen molar-refractivity contribution in [1.29, 1.82) is 5.26 Å². The molecule has 1 aromatic carbocycles. The number of hydrogen-bond donors (Lipinski definition) is 2. The third kappa shape index (κ3) is 5.99. The van der Waals surface area contributed by atoms with Crippen molar-refractivity contribution in [1.82, 2.24) is 25.0 Å². The van der Waals surface area contributed by atoms with Crippen LogP contribution in [0.3, 0.4) is 0 Å². The molecule has 194 valence electrons. The zero-order valence-corrected chi connectivity index (χ0v) is 20.3. The summed E-state index contributed by atoms with van der Waals surface area (Å²) >= 11 is 0. The van der Waals surface area contributed by atoms with E-state index in [1.54, 1.807) is 19.9 Å². The van der Waals surface area contributed by atoms with Gasteiger partial charge < -0.3 is 19.9 Å². The molecular weight excluding hydrogens is 485 g/mol. The summed E-state index contributed by atoms with van der Waals surface area (Å²) in [6, 6.07) is 5.22. The van der Waals surface area contributed by atoms with Crippen LogP contribution in [0.5, 0.6) is 0 Å². The molecule has 0 bridgehead atoms. The van der Waals surface area contributed by atoms with Gasteiger partial charge in [0.25, 0.3) is 5.82 Å². The van der Waals surface area contributed by atoms with E-state index in [4.69, 9.17) is 19.7 Å². The van der Waals surface area contributed by atoms with Crippen molar-refractivity contribution in [2.24, 2.45) is 4.99 Å². The van der Waals surface area contributed by atoms with Gasteiger partial charge in [0.05, 0.1) is 31.3 Å². The minimum atomic E-state index is -0.963. The summed E-state index contributed by atoms with van der Waals surface area (Å²) in [4.78, 5) is 35.0. The highest BCUT2D eigenvalue weighted by Gasteiger charge is 2.35. The molecule has 4 rings (SSSR count). The lowest BCUT2D eigenvalue weighted by Crippen LogP contribution is -2.47. The Bertz CT molecular complexity index is 1300. The molecule has 2 unspecified atom stereocenters. The lowest BCUT2D eigenvalue weighted by Gasteiger charge is -2.35. The predicted molar refractivity (Wildman–Crippen MR) is 127 cm³/mol. The Balaban J connectivity index is 1.78. The van der Waals surface area contributed by atoms with E-state index in [1.807, 2.05) is 11.0 Å². The number of nitriles is 1. The Kier molecular flexibility index (Phi) is 7.90. The first-order valence-electron chi connectivity index (χ1n) is 11.7. The average molecular weight is 512 g/mol. The highest BCUT2D eigenvalue weighted by Crippen LogP contribution is 2.34. The Morgan fingerprint density at radius 2 is 2.22 bits per heavy atom. The Morgan fingerprint density at radius 1 is 1.41 bits per heavy atom. The minimum absolute atomic E-state index is 0.0644. The predicted octanol–water partition coefficient (Wildman–Crippen LogP) is 1.14. The number of morpholine rings is 1. The normalized spacial score (nSPS) is 20.1. The SMILES string of the molecule is CCOC(=O)C1=C(CN2CCOC(CC(=O)O)C2)NC(n2cnc(C#N)n2)=NC1c1ccc(F)cc1C. The minimum Gasteiger partial charge on any atom is -0.481 e. The number of hydrogen-bond acceptors (Lipinski definition) is 10. The van der Waals surface area contributed by atoms with Crippen LogP contribution in [-0.2, 0) is 19.1 Å². The topological polar surface area (TPSA) is 155 Å². The van der Waals surface area contributed by atoms with Gasteiger partial charge in [-0.2, -0.15) is 9.94 Å². The van der Waals surface area contributed by atoms with Crippen molar-refractivity contribution >= 4 is 17.9 Å². The van der Waals surface area contributed by atoms with Crippen molar-refractivity contribution in [2.45, 2.75) is 32.4 Å².